The van der Waals surface area contributed by atoms with E-state index in [1.807, 2.05) is 92.7 Å². The summed E-state index contributed by atoms with van der Waals surface area (Å²) in [4.78, 5) is 27.3. The van der Waals surface area contributed by atoms with Gasteiger partial charge in [0, 0.05) is 34.3 Å². The zero-order valence-electron chi connectivity index (χ0n) is 21.5. The zero-order valence-corrected chi connectivity index (χ0v) is 22.3. The van der Waals surface area contributed by atoms with Gasteiger partial charge < -0.3 is 14.8 Å². The summed E-state index contributed by atoms with van der Waals surface area (Å²) in [5, 5.41) is 4.07. The number of carbonyl (C=O) groups is 2. The number of rotatable bonds is 7. The molecule has 1 aliphatic carbocycles. The van der Waals surface area contributed by atoms with Gasteiger partial charge >= 0.3 is 5.97 Å². The molecular weight excluding hydrogens is 498 g/mol. The molecule has 3 aromatic rings. The Morgan fingerprint density at radius 1 is 0.947 bits per heavy atom. The van der Waals surface area contributed by atoms with Gasteiger partial charge in [-0.05, 0) is 67.1 Å². The number of halogens is 1. The molecule has 0 saturated heterocycles. The normalized spacial score (nSPS) is 19.1. The molecule has 1 aliphatic heterocycles. The molecule has 3 aromatic carbocycles. The molecule has 0 aromatic heterocycles. The van der Waals surface area contributed by atoms with Gasteiger partial charge in [-0.2, -0.15) is 0 Å². The highest BCUT2D eigenvalue weighted by molar-refractivity contribution is 6.30. The van der Waals surface area contributed by atoms with Crippen molar-refractivity contribution < 1.29 is 19.1 Å². The van der Waals surface area contributed by atoms with Crippen LogP contribution in [-0.2, 0) is 20.9 Å². The lowest BCUT2D eigenvalue weighted by atomic mass is 9.71. The highest BCUT2D eigenvalue weighted by atomic mass is 35.5. The van der Waals surface area contributed by atoms with E-state index in [2.05, 4.69) is 5.32 Å². The first kappa shape index (κ1) is 25.8. The van der Waals surface area contributed by atoms with Crippen molar-refractivity contribution in [1.82, 2.24) is 5.32 Å². The Labute approximate surface area is 228 Å². The van der Waals surface area contributed by atoms with Gasteiger partial charge in [0.1, 0.15) is 12.4 Å². The highest BCUT2D eigenvalue weighted by Crippen LogP contribution is 2.46. The van der Waals surface area contributed by atoms with Crippen LogP contribution in [-0.4, -0.2) is 18.4 Å². The number of esters is 1. The molecule has 5 nitrogen and oxygen atoms in total. The Morgan fingerprint density at radius 2 is 1.63 bits per heavy atom. The van der Waals surface area contributed by atoms with Crippen LogP contribution in [0.25, 0.3) is 0 Å². The smallest absolute Gasteiger partial charge is 0.337 e. The molecular formula is C32H30ClNO4. The van der Waals surface area contributed by atoms with E-state index >= 15 is 0 Å². The predicted octanol–water partition coefficient (Wildman–Crippen LogP) is 6.84. The third-order valence-corrected chi connectivity index (χ3v) is 7.38. The Bertz CT molecular complexity index is 1390. The van der Waals surface area contributed by atoms with Crippen LogP contribution in [0.2, 0.25) is 5.02 Å². The predicted molar refractivity (Wildman–Crippen MR) is 148 cm³/mol. The fourth-order valence-corrected chi connectivity index (χ4v) is 5.46. The third-order valence-electron chi connectivity index (χ3n) is 7.13. The van der Waals surface area contributed by atoms with Crippen LogP contribution in [0.15, 0.2) is 101 Å². The van der Waals surface area contributed by atoms with Crippen molar-refractivity contribution in [1.29, 1.82) is 0 Å². The second-order valence-electron chi connectivity index (χ2n) is 9.63. The fraction of sp³-hybridized carbons (Fsp3) is 0.250. The maximum atomic E-state index is 13.8. The molecule has 0 radical (unpaired) electrons. The summed E-state index contributed by atoms with van der Waals surface area (Å²) >= 11 is 6.09. The first-order valence-corrected chi connectivity index (χ1v) is 13.3. The molecule has 5 rings (SSSR count). The first-order valence-electron chi connectivity index (χ1n) is 12.9. The van der Waals surface area contributed by atoms with Gasteiger partial charge in [-0.3, -0.25) is 4.79 Å². The number of hydrogen-bond donors (Lipinski definition) is 1. The van der Waals surface area contributed by atoms with E-state index in [4.69, 9.17) is 21.1 Å². The Balaban J connectivity index is 1.50. The topological polar surface area (TPSA) is 64.6 Å². The van der Waals surface area contributed by atoms with E-state index in [1.165, 1.54) is 0 Å². The van der Waals surface area contributed by atoms with Crippen LogP contribution in [0.3, 0.4) is 0 Å². The van der Waals surface area contributed by atoms with Crippen LogP contribution in [0.4, 0.5) is 0 Å². The number of allylic oxidation sites excluding steroid dienone is 3. The second-order valence-corrected chi connectivity index (χ2v) is 10.1. The quantitative estimate of drug-likeness (QED) is 0.341. The molecule has 38 heavy (non-hydrogen) atoms. The van der Waals surface area contributed by atoms with Crippen molar-refractivity contribution in [2.24, 2.45) is 0 Å². The molecule has 0 bridgehead atoms. The average molecular weight is 528 g/mol. The summed E-state index contributed by atoms with van der Waals surface area (Å²) in [6.45, 7) is 4.52. The van der Waals surface area contributed by atoms with Crippen LogP contribution < -0.4 is 10.1 Å². The van der Waals surface area contributed by atoms with E-state index in [9.17, 15) is 9.59 Å². The maximum absolute atomic E-state index is 13.8. The molecule has 2 aliphatic rings. The second kappa shape index (κ2) is 11.3. The van der Waals surface area contributed by atoms with Gasteiger partial charge in [-0.25, -0.2) is 4.79 Å². The van der Waals surface area contributed by atoms with Crippen molar-refractivity contribution in [3.05, 3.63) is 123 Å². The first-order chi connectivity index (χ1) is 18.4. The number of carbonyl (C=O) groups excluding carboxylic acids is 2. The van der Waals surface area contributed by atoms with Gasteiger partial charge in [0.15, 0.2) is 5.78 Å². The highest BCUT2D eigenvalue weighted by Gasteiger charge is 2.41. The number of Topliss-reactive ketones (excluding diaryl/α,β-unsaturated/α-hetero) is 1. The van der Waals surface area contributed by atoms with Gasteiger partial charge in [0.2, 0.25) is 0 Å². The minimum Gasteiger partial charge on any atom is -0.494 e. The minimum atomic E-state index is -0.524. The summed E-state index contributed by atoms with van der Waals surface area (Å²) in [5.74, 6) is -0.156. The lowest BCUT2D eigenvalue weighted by molar-refractivity contribution is -0.140. The lowest BCUT2D eigenvalue weighted by Gasteiger charge is -2.36. The van der Waals surface area contributed by atoms with E-state index in [0.29, 0.717) is 41.3 Å². The number of ketones is 1. The van der Waals surface area contributed by atoms with Crippen molar-refractivity contribution in [3.8, 4) is 5.75 Å². The van der Waals surface area contributed by atoms with Crippen LogP contribution in [0, 0.1) is 0 Å². The lowest BCUT2D eigenvalue weighted by Crippen LogP contribution is -2.36. The molecule has 1 N–H and O–H groups in total. The van der Waals surface area contributed by atoms with Crippen LogP contribution in [0.5, 0.6) is 5.75 Å². The van der Waals surface area contributed by atoms with E-state index in [0.717, 1.165) is 28.1 Å². The number of nitrogens with one attached hydrogen (secondary N) is 1. The van der Waals surface area contributed by atoms with Gasteiger partial charge in [-0.1, -0.05) is 66.2 Å². The molecule has 0 saturated carbocycles. The zero-order chi connectivity index (χ0) is 26.6. The van der Waals surface area contributed by atoms with Gasteiger partial charge in [0.25, 0.3) is 0 Å². The van der Waals surface area contributed by atoms with E-state index < -0.39 is 11.9 Å². The Morgan fingerprint density at radius 3 is 2.32 bits per heavy atom. The Kier molecular flexibility index (Phi) is 7.66. The summed E-state index contributed by atoms with van der Waals surface area (Å²) in [6.07, 6.45) is 1.03. The largest absolute Gasteiger partial charge is 0.494 e. The fourth-order valence-electron chi connectivity index (χ4n) is 5.34. The SMILES string of the molecule is CCOc1ccc([C@H]2C(C(=O)OCc3ccccc3)=C(C)NC3=C2C(=O)C[C@H](c2ccc(Cl)cc2)C3)cc1. The molecule has 6 heteroatoms. The molecule has 1 heterocycles. The standard InChI is InChI=1S/C32H30ClNO4/c1-3-37-26-15-11-23(12-16-26)30-29(32(36)38-19-21-7-5-4-6-8-21)20(2)34-27-17-24(18-28(35)31(27)30)22-9-13-25(33)14-10-22/h4-16,24,30,34H,3,17-19H2,1-2H3/t24-,30+/m1/s1. The summed E-state index contributed by atoms with van der Waals surface area (Å²) < 4.78 is 11.4. The summed E-state index contributed by atoms with van der Waals surface area (Å²) in [7, 11) is 0. The Hall–Kier alpha value is -3.83. The third kappa shape index (κ3) is 5.39. The summed E-state index contributed by atoms with van der Waals surface area (Å²) in [5.41, 5.74) is 5.48. The van der Waals surface area contributed by atoms with Crippen LogP contribution >= 0.6 is 11.6 Å². The monoisotopic (exact) mass is 527 g/mol. The number of dihydropyridines is 1. The van der Waals surface area contributed by atoms with Crippen LogP contribution in [0.1, 0.15) is 55.2 Å². The number of hydrogen-bond acceptors (Lipinski definition) is 5. The minimum absolute atomic E-state index is 0.0263. The number of ether oxygens (including phenoxy) is 2. The summed E-state index contributed by atoms with van der Waals surface area (Å²) in [6, 6.07) is 24.9. The molecule has 0 amide bonds. The van der Waals surface area contributed by atoms with Crippen molar-refractivity contribution in [3.63, 3.8) is 0 Å². The van der Waals surface area contributed by atoms with Gasteiger partial charge in [-0.15, -0.1) is 0 Å². The number of benzene rings is 3. The van der Waals surface area contributed by atoms with Crippen molar-refractivity contribution >= 4 is 23.4 Å². The molecule has 0 fully saturated rings. The van der Waals surface area contributed by atoms with E-state index in [1.54, 1.807) is 0 Å². The van der Waals surface area contributed by atoms with Gasteiger partial charge in [0.05, 0.1) is 12.2 Å². The van der Waals surface area contributed by atoms with Crippen molar-refractivity contribution in [2.75, 3.05) is 6.61 Å². The maximum Gasteiger partial charge on any atom is 0.337 e. The van der Waals surface area contributed by atoms with E-state index in [-0.39, 0.29) is 18.3 Å². The molecule has 194 valence electrons. The molecule has 0 spiro atoms. The molecule has 2 atom stereocenters. The van der Waals surface area contributed by atoms with Crippen molar-refractivity contribution in [2.45, 2.75) is 45.1 Å². The molecule has 0 unspecified atom stereocenters. The average Bonchev–Trinajstić information content (AvgIpc) is 2.92.